The first kappa shape index (κ1) is 16.3. The minimum absolute atomic E-state index is 0.0937. The molecule has 1 aromatic heterocycles. The Balaban J connectivity index is 1.90. The average molecular weight is 305 g/mol. The summed E-state index contributed by atoms with van der Waals surface area (Å²) < 4.78 is 5.34. The van der Waals surface area contributed by atoms with E-state index in [4.69, 9.17) is 4.74 Å². The third-order valence-corrected chi connectivity index (χ3v) is 3.35. The molecule has 1 aromatic rings. The minimum atomic E-state index is -0.504. The lowest BCUT2D eigenvalue weighted by Crippen LogP contribution is -2.51. The zero-order chi connectivity index (χ0) is 16.3. The molecule has 0 bridgehead atoms. The molecule has 0 spiro atoms. The third kappa shape index (κ3) is 4.19. The van der Waals surface area contributed by atoms with Crippen molar-refractivity contribution in [2.75, 3.05) is 26.2 Å². The molecule has 0 radical (unpaired) electrons. The molecular formula is C16H23N3O3. The van der Waals surface area contributed by atoms with E-state index in [1.165, 1.54) is 0 Å². The molecule has 6 nitrogen and oxygen atoms in total. The highest BCUT2D eigenvalue weighted by Crippen LogP contribution is 2.13. The molecule has 0 unspecified atom stereocenters. The Hall–Kier alpha value is -2.11. The highest BCUT2D eigenvalue weighted by atomic mass is 16.6. The van der Waals surface area contributed by atoms with Crippen molar-refractivity contribution < 1.29 is 14.3 Å². The van der Waals surface area contributed by atoms with Gasteiger partial charge < -0.3 is 14.5 Å². The second kappa shape index (κ2) is 6.34. The predicted molar refractivity (Wildman–Crippen MR) is 82.7 cm³/mol. The van der Waals surface area contributed by atoms with Crippen molar-refractivity contribution in [1.82, 2.24) is 14.8 Å². The van der Waals surface area contributed by atoms with Gasteiger partial charge in [0.05, 0.1) is 0 Å². The summed E-state index contributed by atoms with van der Waals surface area (Å²) >= 11 is 0. The van der Waals surface area contributed by atoms with Crippen LogP contribution in [0, 0.1) is 6.92 Å². The van der Waals surface area contributed by atoms with Gasteiger partial charge in [-0.25, -0.2) is 4.79 Å². The SMILES string of the molecule is Cc1ccc(C(=O)N2CCN(C(=O)OC(C)(C)C)CC2)nc1. The van der Waals surface area contributed by atoms with Crippen molar-refractivity contribution in [2.45, 2.75) is 33.3 Å². The number of carbonyl (C=O) groups excluding carboxylic acids is 2. The summed E-state index contributed by atoms with van der Waals surface area (Å²) in [6.07, 6.45) is 1.36. The number of piperazine rings is 1. The summed E-state index contributed by atoms with van der Waals surface area (Å²) in [5.74, 6) is -0.0937. The number of rotatable bonds is 1. The van der Waals surface area contributed by atoms with Crippen LogP contribution in [0.15, 0.2) is 18.3 Å². The number of ether oxygens (including phenoxy) is 1. The van der Waals surface area contributed by atoms with Crippen LogP contribution in [-0.2, 0) is 4.74 Å². The van der Waals surface area contributed by atoms with E-state index in [0.29, 0.717) is 31.9 Å². The normalized spacial score (nSPS) is 15.6. The maximum atomic E-state index is 12.3. The third-order valence-electron chi connectivity index (χ3n) is 3.35. The maximum absolute atomic E-state index is 12.3. The van der Waals surface area contributed by atoms with E-state index in [-0.39, 0.29) is 12.0 Å². The van der Waals surface area contributed by atoms with Crippen molar-refractivity contribution >= 4 is 12.0 Å². The molecule has 2 heterocycles. The number of nitrogens with zero attached hydrogens (tertiary/aromatic N) is 3. The number of pyridine rings is 1. The van der Waals surface area contributed by atoms with Crippen molar-refractivity contribution in [3.05, 3.63) is 29.6 Å². The Morgan fingerprint density at radius 1 is 1.09 bits per heavy atom. The van der Waals surface area contributed by atoms with E-state index < -0.39 is 5.60 Å². The lowest BCUT2D eigenvalue weighted by Gasteiger charge is -2.35. The molecule has 22 heavy (non-hydrogen) atoms. The van der Waals surface area contributed by atoms with E-state index >= 15 is 0 Å². The van der Waals surface area contributed by atoms with E-state index in [0.717, 1.165) is 5.56 Å². The van der Waals surface area contributed by atoms with Gasteiger partial charge in [0, 0.05) is 32.4 Å². The number of hydrogen-bond donors (Lipinski definition) is 0. The molecule has 1 fully saturated rings. The van der Waals surface area contributed by atoms with E-state index in [2.05, 4.69) is 4.98 Å². The van der Waals surface area contributed by atoms with Crippen molar-refractivity contribution in [1.29, 1.82) is 0 Å². The van der Waals surface area contributed by atoms with Gasteiger partial charge in [-0.1, -0.05) is 6.07 Å². The molecule has 2 rings (SSSR count). The van der Waals surface area contributed by atoms with Gasteiger partial charge in [0.15, 0.2) is 0 Å². The van der Waals surface area contributed by atoms with Crippen LogP contribution in [0.4, 0.5) is 4.79 Å². The molecule has 1 aliphatic rings. The van der Waals surface area contributed by atoms with E-state index in [1.807, 2.05) is 33.8 Å². The second-order valence-corrected chi connectivity index (χ2v) is 6.48. The van der Waals surface area contributed by atoms with Crippen molar-refractivity contribution in [2.24, 2.45) is 0 Å². The van der Waals surface area contributed by atoms with Crippen LogP contribution in [0.2, 0.25) is 0 Å². The summed E-state index contributed by atoms with van der Waals surface area (Å²) in [4.78, 5) is 31.8. The minimum Gasteiger partial charge on any atom is -0.444 e. The fourth-order valence-electron chi connectivity index (χ4n) is 2.17. The van der Waals surface area contributed by atoms with Gasteiger partial charge in [0.2, 0.25) is 0 Å². The summed E-state index contributed by atoms with van der Waals surface area (Å²) in [6, 6.07) is 3.61. The smallest absolute Gasteiger partial charge is 0.410 e. The van der Waals surface area contributed by atoms with Crippen LogP contribution in [0.25, 0.3) is 0 Å². The Kier molecular flexibility index (Phi) is 4.68. The predicted octanol–water partition coefficient (Wildman–Crippen LogP) is 2.08. The zero-order valence-corrected chi connectivity index (χ0v) is 13.6. The highest BCUT2D eigenvalue weighted by molar-refractivity contribution is 5.92. The van der Waals surface area contributed by atoms with Crippen LogP contribution in [0.1, 0.15) is 36.8 Å². The molecular weight excluding hydrogens is 282 g/mol. The second-order valence-electron chi connectivity index (χ2n) is 6.48. The van der Waals surface area contributed by atoms with Crippen LogP contribution in [0.5, 0.6) is 0 Å². The zero-order valence-electron chi connectivity index (χ0n) is 13.6. The lowest BCUT2D eigenvalue weighted by atomic mass is 10.2. The number of aromatic nitrogens is 1. The van der Waals surface area contributed by atoms with Crippen molar-refractivity contribution in [3.8, 4) is 0 Å². The molecule has 0 N–H and O–H groups in total. The highest BCUT2D eigenvalue weighted by Gasteiger charge is 2.28. The summed E-state index contributed by atoms with van der Waals surface area (Å²) in [5.41, 5.74) is 0.957. The molecule has 1 saturated heterocycles. The molecule has 0 atom stereocenters. The molecule has 0 aliphatic carbocycles. The summed E-state index contributed by atoms with van der Waals surface area (Å²) in [5, 5.41) is 0. The summed E-state index contributed by atoms with van der Waals surface area (Å²) in [6.45, 7) is 9.40. The van der Waals surface area contributed by atoms with E-state index in [1.54, 1.807) is 22.1 Å². The van der Waals surface area contributed by atoms with Crippen LogP contribution in [0.3, 0.4) is 0 Å². The quantitative estimate of drug-likeness (QED) is 0.797. The first-order valence-electron chi connectivity index (χ1n) is 7.46. The number of aryl methyl sites for hydroxylation is 1. The average Bonchev–Trinajstić information content (AvgIpc) is 2.46. The Labute approximate surface area is 131 Å². The van der Waals surface area contributed by atoms with Crippen molar-refractivity contribution in [3.63, 3.8) is 0 Å². The van der Waals surface area contributed by atoms with Gasteiger partial charge in [-0.3, -0.25) is 9.78 Å². The molecule has 2 amide bonds. The van der Waals surface area contributed by atoms with E-state index in [9.17, 15) is 9.59 Å². The van der Waals surface area contributed by atoms with Crippen LogP contribution in [-0.4, -0.2) is 58.6 Å². The first-order chi connectivity index (χ1) is 10.3. The van der Waals surface area contributed by atoms with Crippen LogP contribution < -0.4 is 0 Å². The fraction of sp³-hybridized carbons (Fsp3) is 0.562. The van der Waals surface area contributed by atoms with Gasteiger partial charge in [-0.2, -0.15) is 0 Å². The largest absolute Gasteiger partial charge is 0.444 e. The molecule has 0 saturated carbocycles. The first-order valence-corrected chi connectivity index (χ1v) is 7.46. The monoisotopic (exact) mass is 305 g/mol. The van der Waals surface area contributed by atoms with Gasteiger partial charge in [0.25, 0.3) is 5.91 Å². The summed E-state index contributed by atoms with van der Waals surface area (Å²) in [7, 11) is 0. The van der Waals surface area contributed by atoms with Gasteiger partial charge in [0.1, 0.15) is 11.3 Å². The fourth-order valence-corrected chi connectivity index (χ4v) is 2.17. The van der Waals surface area contributed by atoms with Gasteiger partial charge in [-0.15, -0.1) is 0 Å². The number of carbonyl (C=O) groups is 2. The van der Waals surface area contributed by atoms with Gasteiger partial charge in [-0.05, 0) is 39.3 Å². The Bertz CT molecular complexity index is 541. The maximum Gasteiger partial charge on any atom is 0.410 e. The van der Waals surface area contributed by atoms with Gasteiger partial charge >= 0.3 is 6.09 Å². The van der Waals surface area contributed by atoms with Crippen LogP contribution >= 0.6 is 0 Å². The molecule has 120 valence electrons. The molecule has 1 aliphatic heterocycles. The number of amides is 2. The number of hydrogen-bond acceptors (Lipinski definition) is 4. The molecule has 6 heteroatoms. The topological polar surface area (TPSA) is 62.7 Å². The standard InChI is InChI=1S/C16H23N3O3/c1-12-5-6-13(17-11-12)14(20)18-7-9-19(10-8-18)15(21)22-16(2,3)4/h5-6,11H,7-10H2,1-4H3. The molecule has 0 aromatic carbocycles. The lowest BCUT2D eigenvalue weighted by molar-refractivity contribution is 0.0140. The Morgan fingerprint density at radius 2 is 1.68 bits per heavy atom. The Morgan fingerprint density at radius 3 is 2.18 bits per heavy atom.